The number of nitro benzene ring substituents is 2. The zero-order valence-corrected chi connectivity index (χ0v) is 17.2. The second-order valence-electron chi connectivity index (χ2n) is 5.78. The SMILES string of the molecule is COc1ccc(/C=C/C(=O)N[S+]([O-])/C=C/c2ccc(OC)c([N+](=O)[O-])c2)cc1[N+](=O)[O-]. The van der Waals surface area contributed by atoms with Gasteiger partial charge in [-0.3, -0.25) is 25.0 Å². The molecular formula is C19H17N3O8S. The van der Waals surface area contributed by atoms with E-state index in [2.05, 4.69) is 4.72 Å². The molecule has 0 aromatic heterocycles. The molecule has 0 aliphatic rings. The van der Waals surface area contributed by atoms with Crippen molar-refractivity contribution in [2.24, 2.45) is 0 Å². The van der Waals surface area contributed by atoms with E-state index in [-0.39, 0.29) is 22.9 Å². The summed E-state index contributed by atoms with van der Waals surface area (Å²) in [6, 6.07) is 8.31. The molecule has 0 aliphatic heterocycles. The summed E-state index contributed by atoms with van der Waals surface area (Å²) in [5, 5.41) is 23.2. The highest BCUT2D eigenvalue weighted by atomic mass is 32.2. The quantitative estimate of drug-likeness (QED) is 0.266. The van der Waals surface area contributed by atoms with Gasteiger partial charge in [0.15, 0.2) is 11.5 Å². The Morgan fingerprint density at radius 1 is 0.935 bits per heavy atom. The molecule has 0 saturated heterocycles. The first-order valence-corrected chi connectivity index (χ1v) is 9.68. The summed E-state index contributed by atoms with van der Waals surface area (Å²) in [6.07, 6.45) is 3.73. The van der Waals surface area contributed by atoms with E-state index in [1.54, 1.807) is 0 Å². The van der Waals surface area contributed by atoms with Crippen LogP contribution < -0.4 is 14.2 Å². The Bertz CT molecular complexity index is 1050. The van der Waals surface area contributed by atoms with Gasteiger partial charge in [0.25, 0.3) is 5.91 Å². The fourth-order valence-corrected chi connectivity index (χ4v) is 3.00. The number of amides is 1. The normalized spacial score (nSPS) is 12.0. The van der Waals surface area contributed by atoms with Gasteiger partial charge >= 0.3 is 11.4 Å². The van der Waals surface area contributed by atoms with Gasteiger partial charge in [-0.2, -0.15) is 4.72 Å². The standard InChI is InChI=1S/C19H17N3O8S/c1-29-17-6-3-13(11-15(17)21(24)25)5-8-19(23)20-31(28)10-9-14-4-7-18(30-2)16(12-14)22(26)27/h3-12H,1-2H3,(H,20,23)/b8-5+,10-9+. The minimum absolute atomic E-state index is 0.0802. The second-order valence-corrected chi connectivity index (χ2v) is 6.85. The minimum atomic E-state index is -1.91. The largest absolute Gasteiger partial charge is 0.588 e. The van der Waals surface area contributed by atoms with Crippen LogP contribution in [-0.2, 0) is 16.2 Å². The maximum atomic E-state index is 12.0. The lowest BCUT2D eigenvalue weighted by atomic mass is 10.1. The van der Waals surface area contributed by atoms with E-state index in [0.29, 0.717) is 11.1 Å². The lowest BCUT2D eigenvalue weighted by Crippen LogP contribution is -2.26. The van der Waals surface area contributed by atoms with Crippen LogP contribution in [0.3, 0.4) is 0 Å². The molecule has 0 bridgehead atoms. The van der Waals surface area contributed by atoms with Crippen molar-refractivity contribution in [3.8, 4) is 11.5 Å². The van der Waals surface area contributed by atoms with E-state index in [9.17, 15) is 29.6 Å². The van der Waals surface area contributed by atoms with Crippen molar-refractivity contribution in [1.29, 1.82) is 0 Å². The van der Waals surface area contributed by atoms with Crippen molar-refractivity contribution in [1.82, 2.24) is 4.72 Å². The van der Waals surface area contributed by atoms with Gasteiger partial charge in [0.2, 0.25) is 0 Å². The van der Waals surface area contributed by atoms with Crippen LogP contribution in [0.25, 0.3) is 12.2 Å². The maximum absolute atomic E-state index is 12.0. The predicted molar refractivity (Wildman–Crippen MR) is 114 cm³/mol. The second kappa shape index (κ2) is 10.8. The van der Waals surface area contributed by atoms with Crippen LogP contribution in [0.4, 0.5) is 11.4 Å². The molecule has 0 fully saturated rings. The number of hydrogen-bond acceptors (Lipinski definition) is 8. The van der Waals surface area contributed by atoms with E-state index in [1.807, 2.05) is 0 Å². The Labute approximate surface area is 179 Å². The third kappa shape index (κ3) is 6.55. The van der Waals surface area contributed by atoms with Crippen molar-refractivity contribution < 1.29 is 28.7 Å². The van der Waals surface area contributed by atoms with Crippen molar-refractivity contribution in [3.63, 3.8) is 0 Å². The fraction of sp³-hybridized carbons (Fsp3) is 0.105. The lowest BCUT2D eigenvalue weighted by molar-refractivity contribution is -0.385. The molecule has 12 heteroatoms. The van der Waals surface area contributed by atoms with Crippen LogP contribution in [0.1, 0.15) is 11.1 Å². The molecule has 0 saturated carbocycles. The Kier molecular flexibility index (Phi) is 8.11. The molecule has 2 aromatic rings. The average Bonchev–Trinajstić information content (AvgIpc) is 2.75. The molecule has 1 amide bonds. The van der Waals surface area contributed by atoms with E-state index >= 15 is 0 Å². The van der Waals surface area contributed by atoms with E-state index in [4.69, 9.17) is 9.47 Å². The third-order valence-electron chi connectivity index (χ3n) is 3.81. The van der Waals surface area contributed by atoms with Crippen LogP contribution in [0.5, 0.6) is 11.5 Å². The molecule has 11 nitrogen and oxygen atoms in total. The fourth-order valence-electron chi connectivity index (χ4n) is 2.39. The Morgan fingerprint density at radius 2 is 1.42 bits per heavy atom. The lowest BCUT2D eigenvalue weighted by Gasteiger charge is -2.05. The summed E-state index contributed by atoms with van der Waals surface area (Å²) in [4.78, 5) is 32.8. The number of methoxy groups -OCH3 is 2. The molecule has 162 valence electrons. The van der Waals surface area contributed by atoms with E-state index in [1.165, 1.54) is 62.8 Å². The molecule has 2 aromatic carbocycles. The molecule has 0 aliphatic carbocycles. The monoisotopic (exact) mass is 447 g/mol. The summed E-state index contributed by atoms with van der Waals surface area (Å²) in [5.41, 5.74) is 0.242. The Hall–Kier alpha value is -3.90. The number of benzene rings is 2. The first-order valence-electron chi connectivity index (χ1n) is 8.47. The molecule has 1 N–H and O–H groups in total. The Morgan fingerprint density at radius 3 is 1.87 bits per heavy atom. The third-order valence-corrected chi connectivity index (χ3v) is 4.60. The summed E-state index contributed by atoms with van der Waals surface area (Å²) in [7, 11) is 2.61. The zero-order valence-electron chi connectivity index (χ0n) is 16.3. The molecule has 1 unspecified atom stereocenters. The molecule has 0 heterocycles. The topological polar surface area (TPSA) is 157 Å². The number of carbonyl (C=O) groups is 1. The predicted octanol–water partition coefficient (Wildman–Crippen LogP) is 2.98. The molecule has 1 atom stereocenters. The number of ether oxygens (including phenoxy) is 2. The molecule has 0 spiro atoms. The van der Waals surface area contributed by atoms with Crippen LogP contribution in [0, 0.1) is 20.2 Å². The van der Waals surface area contributed by atoms with Gasteiger partial charge in [0, 0.05) is 18.2 Å². The van der Waals surface area contributed by atoms with Crippen LogP contribution in [-0.4, -0.2) is 34.5 Å². The molecule has 2 rings (SSSR count). The molecule has 31 heavy (non-hydrogen) atoms. The number of rotatable bonds is 9. The number of carbonyl (C=O) groups excluding carboxylic acids is 1. The van der Waals surface area contributed by atoms with Gasteiger partial charge in [-0.15, -0.1) is 0 Å². The van der Waals surface area contributed by atoms with Crippen LogP contribution >= 0.6 is 0 Å². The minimum Gasteiger partial charge on any atom is -0.588 e. The number of nitro groups is 2. The number of nitrogens with one attached hydrogen (secondary N) is 1. The summed E-state index contributed by atoms with van der Waals surface area (Å²) >= 11 is -1.91. The summed E-state index contributed by atoms with van der Waals surface area (Å²) in [6.45, 7) is 0. The van der Waals surface area contributed by atoms with Crippen LogP contribution in [0.15, 0.2) is 47.9 Å². The van der Waals surface area contributed by atoms with Gasteiger partial charge in [-0.1, -0.05) is 12.1 Å². The van der Waals surface area contributed by atoms with Crippen molar-refractivity contribution in [2.45, 2.75) is 0 Å². The smallest absolute Gasteiger partial charge is 0.311 e. The van der Waals surface area contributed by atoms with Crippen LogP contribution in [0.2, 0.25) is 0 Å². The summed E-state index contributed by atoms with van der Waals surface area (Å²) < 4.78 is 24.0. The highest BCUT2D eigenvalue weighted by Crippen LogP contribution is 2.29. The maximum Gasteiger partial charge on any atom is 0.311 e. The average molecular weight is 447 g/mol. The highest BCUT2D eigenvalue weighted by molar-refractivity contribution is 7.93. The van der Waals surface area contributed by atoms with Gasteiger partial charge in [0.05, 0.1) is 24.1 Å². The highest BCUT2D eigenvalue weighted by Gasteiger charge is 2.16. The molecular weight excluding hydrogens is 430 g/mol. The van der Waals surface area contributed by atoms with Gasteiger partial charge in [-0.05, 0) is 35.4 Å². The zero-order chi connectivity index (χ0) is 23.0. The van der Waals surface area contributed by atoms with Crippen molar-refractivity contribution in [3.05, 3.63) is 79.2 Å². The van der Waals surface area contributed by atoms with Gasteiger partial charge in [0.1, 0.15) is 16.8 Å². The number of hydrogen-bond donors (Lipinski definition) is 1. The summed E-state index contributed by atoms with van der Waals surface area (Å²) in [5.74, 6) is -0.542. The van der Waals surface area contributed by atoms with E-state index < -0.39 is 27.1 Å². The van der Waals surface area contributed by atoms with Gasteiger partial charge in [-0.25, -0.2) is 0 Å². The van der Waals surface area contributed by atoms with E-state index in [0.717, 1.165) is 11.5 Å². The first kappa shape index (κ1) is 23.4. The first-order chi connectivity index (χ1) is 14.7. The van der Waals surface area contributed by atoms with Crippen molar-refractivity contribution >= 4 is 40.8 Å². The van der Waals surface area contributed by atoms with Gasteiger partial charge < -0.3 is 14.0 Å². The number of nitrogens with zero attached hydrogens (tertiary/aromatic N) is 2. The Balaban J connectivity index is 2.03. The molecule has 0 radical (unpaired) electrons. The van der Waals surface area contributed by atoms with Crippen molar-refractivity contribution in [2.75, 3.05) is 14.2 Å².